The van der Waals surface area contributed by atoms with E-state index >= 15 is 0 Å². The van der Waals surface area contributed by atoms with Crippen molar-refractivity contribution in [2.24, 2.45) is 5.73 Å². The zero-order valence-electron chi connectivity index (χ0n) is 16.6. The molecule has 0 aliphatic carbocycles. The molecule has 0 radical (unpaired) electrons. The number of carboxylic acids is 1. The highest BCUT2D eigenvalue weighted by molar-refractivity contribution is 6.00. The maximum absolute atomic E-state index is 13.0. The molecule has 1 saturated heterocycles. The first-order valence-corrected chi connectivity index (χ1v) is 10.3. The summed E-state index contributed by atoms with van der Waals surface area (Å²) < 4.78 is 0. The lowest BCUT2D eigenvalue weighted by Crippen LogP contribution is -2.47. The van der Waals surface area contributed by atoms with Gasteiger partial charge in [-0.15, -0.1) is 6.58 Å². The normalized spacial score (nSPS) is 16.4. The smallest absolute Gasteiger partial charge is 0.320 e. The summed E-state index contributed by atoms with van der Waals surface area (Å²) in [6, 6.07) is 6.28. The summed E-state index contributed by atoms with van der Waals surface area (Å²) in [6.45, 7) is 6.35. The van der Waals surface area contributed by atoms with Gasteiger partial charge in [-0.3, -0.25) is 14.9 Å². The molecule has 1 heterocycles. The minimum Gasteiger partial charge on any atom is -0.480 e. The molecular formula is C22H33N3O3. The fourth-order valence-corrected chi connectivity index (χ4v) is 3.62. The number of nitrogens with two attached hydrogens (primary N) is 1. The van der Waals surface area contributed by atoms with Crippen LogP contribution in [0.2, 0.25) is 0 Å². The van der Waals surface area contributed by atoms with Crippen molar-refractivity contribution < 1.29 is 14.7 Å². The van der Waals surface area contributed by atoms with Crippen LogP contribution in [0.15, 0.2) is 36.9 Å². The summed E-state index contributed by atoms with van der Waals surface area (Å²) >= 11 is 0. The molecule has 1 aliphatic rings. The first-order chi connectivity index (χ1) is 13.6. The van der Waals surface area contributed by atoms with Gasteiger partial charge in [0.25, 0.3) is 0 Å². The second-order valence-electron chi connectivity index (χ2n) is 7.38. The average molecular weight is 388 g/mol. The number of benzene rings is 1. The molecule has 154 valence electrons. The summed E-state index contributed by atoms with van der Waals surface area (Å²) in [5, 5.41) is 12.5. The van der Waals surface area contributed by atoms with Gasteiger partial charge in [0.15, 0.2) is 5.78 Å². The number of carbonyl (C=O) groups excluding carboxylic acids is 1. The number of piperidine rings is 1. The minimum absolute atomic E-state index is 0.102. The molecule has 0 spiro atoms. The number of rotatable bonds is 12. The van der Waals surface area contributed by atoms with Gasteiger partial charge in [-0.1, -0.05) is 12.5 Å². The van der Waals surface area contributed by atoms with Crippen molar-refractivity contribution in [1.82, 2.24) is 5.32 Å². The number of hydrogen-bond donors (Lipinski definition) is 3. The maximum Gasteiger partial charge on any atom is 0.320 e. The number of carbonyl (C=O) groups is 2. The molecule has 0 aromatic heterocycles. The van der Waals surface area contributed by atoms with Crippen LogP contribution in [0.25, 0.3) is 0 Å². The van der Waals surface area contributed by atoms with Gasteiger partial charge in [-0.2, -0.15) is 0 Å². The molecule has 1 unspecified atom stereocenters. The van der Waals surface area contributed by atoms with Gasteiger partial charge in [0.05, 0.1) is 6.04 Å². The van der Waals surface area contributed by atoms with Crippen LogP contribution in [0.1, 0.15) is 55.3 Å². The Balaban J connectivity index is 2.05. The molecule has 6 nitrogen and oxygen atoms in total. The lowest BCUT2D eigenvalue weighted by molar-refractivity contribution is -0.139. The number of Topliss-reactive ketones (excluding diaryl/α,β-unsaturated/α-hetero) is 1. The molecule has 1 aromatic rings. The van der Waals surface area contributed by atoms with E-state index < -0.39 is 18.1 Å². The van der Waals surface area contributed by atoms with Crippen molar-refractivity contribution >= 4 is 17.4 Å². The van der Waals surface area contributed by atoms with E-state index in [1.807, 2.05) is 24.3 Å². The number of ketones is 1. The third-order valence-electron chi connectivity index (χ3n) is 5.24. The van der Waals surface area contributed by atoms with Crippen molar-refractivity contribution in [3.63, 3.8) is 0 Å². The lowest BCUT2D eigenvalue weighted by Gasteiger charge is -2.29. The number of carboxylic acid groups (broad SMARTS) is 1. The molecule has 1 aliphatic heterocycles. The molecule has 0 bridgehead atoms. The summed E-state index contributed by atoms with van der Waals surface area (Å²) in [5.41, 5.74) is 7.21. The predicted molar refractivity (Wildman–Crippen MR) is 113 cm³/mol. The predicted octanol–water partition coefficient (Wildman–Crippen LogP) is 2.98. The number of unbranched alkanes of at least 4 members (excludes halogenated alkanes) is 1. The van der Waals surface area contributed by atoms with E-state index in [9.17, 15) is 14.7 Å². The molecule has 1 aromatic carbocycles. The first-order valence-electron chi connectivity index (χ1n) is 10.3. The highest BCUT2D eigenvalue weighted by Gasteiger charge is 2.26. The Bertz CT molecular complexity index is 639. The molecule has 28 heavy (non-hydrogen) atoms. The van der Waals surface area contributed by atoms with Crippen LogP contribution in [0.4, 0.5) is 5.69 Å². The molecule has 6 heteroatoms. The van der Waals surface area contributed by atoms with Gasteiger partial charge in [-0.25, -0.2) is 0 Å². The quantitative estimate of drug-likeness (QED) is 0.290. The fourth-order valence-electron chi connectivity index (χ4n) is 3.62. The largest absolute Gasteiger partial charge is 0.480 e. The van der Waals surface area contributed by atoms with Gasteiger partial charge < -0.3 is 15.7 Å². The average Bonchev–Trinajstić information content (AvgIpc) is 2.72. The Hall–Kier alpha value is -2.18. The Morgan fingerprint density at radius 3 is 2.39 bits per heavy atom. The Labute approximate surface area is 167 Å². The van der Waals surface area contributed by atoms with Gasteiger partial charge in [0, 0.05) is 24.3 Å². The monoisotopic (exact) mass is 387 g/mol. The SMILES string of the molecule is C=CCC(N[C@@H](CCCCN)C(=O)O)C(=O)c1ccc(N2CCCCC2)cc1. The summed E-state index contributed by atoms with van der Waals surface area (Å²) in [4.78, 5) is 26.9. The van der Waals surface area contributed by atoms with Crippen LogP contribution in [0, 0.1) is 0 Å². The lowest BCUT2D eigenvalue weighted by atomic mass is 9.98. The molecular weight excluding hydrogens is 354 g/mol. The van der Waals surface area contributed by atoms with E-state index in [0.29, 0.717) is 31.4 Å². The Morgan fingerprint density at radius 1 is 1.14 bits per heavy atom. The number of aliphatic carboxylic acids is 1. The summed E-state index contributed by atoms with van der Waals surface area (Å²) in [7, 11) is 0. The standard InChI is InChI=1S/C22H33N3O3/c1-2-8-19(24-20(22(27)28)9-4-5-14-23)21(26)17-10-12-18(13-11-17)25-15-6-3-7-16-25/h2,10-13,19-20,24H,1,3-9,14-16,23H2,(H,27,28)/t19?,20-/m0/s1. The van der Waals surface area contributed by atoms with Crippen LogP contribution in [0.5, 0.6) is 0 Å². The zero-order chi connectivity index (χ0) is 20.4. The highest BCUT2D eigenvalue weighted by Crippen LogP contribution is 2.21. The van der Waals surface area contributed by atoms with Crippen LogP contribution in [-0.2, 0) is 4.79 Å². The van der Waals surface area contributed by atoms with E-state index in [1.165, 1.54) is 19.3 Å². The van der Waals surface area contributed by atoms with E-state index in [0.717, 1.165) is 25.2 Å². The van der Waals surface area contributed by atoms with Crippen LogP contribution in [-0.4, -0.2) is 48.6 Å². The van der Waals surface area contributed by atoms with Gasteiger partial charge in [0.2, 0.25) is 0 Å². The van der Waals surface area contributed by atoms with Crippen molar-refractivity contribution in [2.75, 3.05) is 24.5 Å². The third kappa shape index (κ3) is 6.46. The molecule has 2 rings (SSSR count). The third-order valence-corrected chi connectivity index (χ3v) is 5.24. The van der Waals surface area contributed by atoms with Crippen LogP contribution in [0.3, 0.4) is 0 Å². The number of nitrogens with zero attached hydrogens (tertiary/aromatic N) is 1. The van der Waals surface area contributed by atoms with Crippen molar-refractivity contribution in [3.05, 3.63) is 42.5 Å². The van der Waals surface area contributed by atoms with Gasteiger partial charge in [0.1, 0.15) is 6.04 Å². The number of anilines is 1. The van der Waals surface area contributed by atoms with Crippen molar-refractivity contribution in [2.45, 2.75) is 57.0 Å². The number of nitrogens with one attached hydrogen (secondary N) is 1. The molecule has 0 amide bonds. The minimum atomic E-state index is -0.945. The van der Waals surface area contributed by atoms with Crippen molar-refractivity contribution in [3.8, 4) is 0 Å². The van der Waals surface area contributed by atoms with Gasteiger partial charge >= 0.3 is 5.97 Å². The topological polar surface area (TPSA) is 95.7 Å². The second-order valence-corrected chi connectivity index (χ2v) is 7.38. The maximum atomic E-state index is 13.0. The van der Waals surface area contributed by atoms with Crippen LogP contribution >= 0.6 is 0 Å². The summed E-state index contributed by atoms with van der Waals surface area (Å²) in [6.07, 6.45) is 7.63. The highest BCUT2D eigenvalue weighted by atomic mass is 16.4. The fraction of sp³-hybridized carbons (Fsp3) is 0.545. The van der Waals surface area contributed by atoms with Crippen LogP contribution < -0.4 is 16.0 Å². The van der Waals surface area contributed by atoms with E-state index in [4.69, 9.17) is 5.73 Å². The van der Waals surface area contributed by atoms with Crippen molar-refractivity contribution in [1.29, 1.82) is 0 Å². The molecule has 4 N–H and O–H groups in total. The van der Waals surface area contributed by atoms with E-state index in [1.54, 1.807) is 6.08 Å². The molecule has 0 saturated carbocycles. The summed E-state index contributed by atoms with van der Waals surface area (Å²) in [5.74, 6) is -1.05. The Kier molecular flexibility index (Phi) is 9.17. The van der Waals surface area contributed by atoms with E-state index in [-0.39, 0.29) is 5.78 Å². The zero-order valence-corrected chi connectivity index (χ0v) is 16.6. The first kappa shape index (κ1) is 22.1. The molecule has 1 fully saturated rings. The molecule has 2 atom stereocenters. The van der Waals surface area contributed by atoms with E-state index in [2.05, 4.69) is 16.8 Å². The number of hydrogen-bond acceptors (Lipinski definition) is 5. The Morgan fingerprint density at radius 2 is 1.82 bits per heavy atom. The second kappa shape index (κ2) is 11.6. The van der Waals surface area contributed by atoms with Gasteiger partial charge in [-0.05, 0) is 69.3 Å².